The van der Waals surface area contributed by atoms with E-state index in [9.17, 15) is 4.79 Å². The van der Waals surface area contributed by atoms with E-state index >= 15 is 0 Å². The second kappa shape index (κ2) is 9.79. The van der Waals surface area contributed by atoms with Gasteiger partial charge in [0.2, 0.25) is 5.91 Å². The van der Waals surface area contributed by atoms with Crippen LogP contribution in [0, 0.1) is 0 Å². The maximum absolute atomic E-state index is 12.1. The topological polar surface area (TPSA) is 40.9 Å². The van der Waals surface area contributed by atoms with Gasteiger partial charge in [-0.15, -0.1) is 0 Å². The van der Waals surface area contributed by atoms with Gasteiger partial charge in [0.1, 0.15) is 5.65 Å². The van der Waals surface area contributed by atoms with Gasteiger partial charge in [0.15, 0.2) is 0 Å². The number of fused-ring (bicyclic) bond motifs is 1. The number of halogens is 2. The fourth-order valence-electron chi connectivity index (χ4n) is 4.51. The summed E-state index contributed by atoms with van der Waals surface area (Å²) in [6.45, 7) is 5.86. The Morgan fingerprint density at radius 2 is 1.62 bits per heavy atom. The quantitative estimate of drug-likeness (QED) is 0.341. The molecule has 0 aliphatic carbocycles. The molecule has 1 aliphatic heterocycles. The summed E-state index contributed by atoms with van der Waals surface area (Å²) < 4.78 is 2.18. The molecule has 0 N–H and O–H groups in total. The second-order valence-electron chi connectivity index (χ2n) is 8.58. The van der Waals surface area contributed by atoms with Crippen molar-refractivity contribution in [2.45, 2.75) is 19.9 Å². The van der Waals surface area contributed by atoms with Crippen molar-refractivity contribution in [1.29, 1.82) is 0 Å². The summed E-state index contributed by atoms with van der Waals surface area (Å²) >= 11 is 12.4. The van der Waals surface area contributed by atoms with Gasteiger partial charge in [0.25, 0.3) is 0 Å². The highest BCUT2D eigenvalue weighted by atomic mass is 35.5. The van der Waals surface area contributed by atoms with Gasteiger partial charge in [-0.05, 0) is 47.5 Å². The molecule has 1 amide bonds. The Labute approximate surface area is 209 Å². The number of hydrogen-bond acceptors (Lipinski definition) is 3. The Morgan fingerprint density at radius 1 is 0.882 bits per heavy atom. The number of aromatic nitrogens is 2. The van der Waals surface area contributed by atoms with Crippen LogP contribution in [0.5, 0.6) is 0 Å². The Balaban J connectivity index is 1.54. The van der Waals surface area contributed by atoms with Crippen LogP contribution >= 0.6 is 23.2 Å². The van der Waals surface area contributed by atoms with Crippen LogP contribution in [0.3, 0.4) is 0 Å². The fraction of sp³-hybridized carbons (Fsp3) is 0.259. The third kappa shape index (κ3) is 4.69. The second-order valence-corrected chi connectivity index (χ2v) is 9.45. The van der Waals surface area contributed by atoms with Gasteiger partial charge in [-0.2, -0.15) is 0 Å². The van der Waals surface area contributed by atoms with Gasteiger partial charge in [-0.25, -0.2) is 4.98 Å². The minimum absolute atomic E-state index is 0.225. The van der Waals surface area contributed by atoms with Crippen molar-refractivity contribution < 1.29 is 4.79 Å². The van der Waals surface area contributed by atoms with Crippen molar-refractivity contribution in [3.8, 4) is 22.4 Å². The van der Waals surface area contributed by atoms with E-state index in [0.29, 0.717) is 16.5 Å². The van der Waals surface area contributed by atoms with E-state index in [1.54, 1.807) is 0 Å². The van der Waals surface area contributed by atoms with Gasteiger partial charge in [0.05, 0.1) is 11.4 Å². The van der Waals surface area contributed by atoms with Gasteiger partial charge < -0.3 is 9.30 Å². The van der Waals surface area contributed by atoms with Crippen molar-refractivity contribution in [2.75, 3.05) is 26.2 Å². The standard InChI is InChI=1S/C27H26Cl2N4O/c1-2-26(34)32-14-12-31(13-15-32)18-24-27(19-6-9-22(28)10-7-19)30-25-11-8-21(17-33(24)25)20-4-3-5-23(29)16-20/h3-11,16-17H,2,12-15,18H2,1H3. The average Bonchev–Trinajstić information content (AvgIpc) is 3.22. The van der Waals surface area contributed by atoms with Crippen LogP contribution in [0.1, 0.15) is 19.0 Å². The average molecular weight is 493 g/mol. The smallest absolute Gasteiger partial charge is 0.222 e. The molecule has 0 radical (unpaired) electrons. The highest BCUT2D eigenvalue weighted by Gasteiger charge is 2.23. The predicted octanol–water partition coefficient (Wildman–Crippen LogP) is 6.03. The summed E-state index contributed by atoms with van der Waals surface area (Å²) in [5.41, 5.74) is 6.14. The highest BCUT2D eigenvalue weighted by Crippen LogP contribution is 2.30. The molecule has 1 saturated heterocycles. The third-order valence-corrected chi connectivity index (χ3v) is 6.88. The lowest BCUT2D eigenvalue weighted by molar-refractivity contribution is -0.132. The van der Waals surface area contributed by atoms with E-state index < -0.39 is 0 Å². The first-order chi connectivity index (χ1) is 16.5. The zero-order valence-electron chi connectivity index (χ0n) is 19.0. The molecule has 2 aromatic heterocycles. The van der Waals surface area contributed by atoms with Crippen LogP contribution in [0.2, 0.25) is 10.0 Å². The molecule has 0 unspecified atom stereocenters. The fourth-order valence-corrected chi connectivity index (χ4v) is 4.83. The molecule has 0 atom stereocenters. The molecule has 34 heavy (non-hydrogen) atoms. The molecule has 1 fully saturated rings. The van der Waals surface area contributed by atoms with Crippen LogP contribution in [-0.2, 0) is 11.3 Å². The molecule has 0 spiro atoms. The third-order valence-electron chi connectivity index (χ3n) is 6.39. The minimum atomic E-state index is 0.225. The predicted molar refractivity (Wildman–Crippen MR) is 138 cm³/mol. The number of hydrogen-bond donors (Lipinski definition) is 0. The summed E-state index contributed by atoms with van der Waals surface area (Å²) in [5, 5.41) is 1.42. The number of nitrogens with zero attached hydrogens (tertiary/aromatic N) is 4. The van der Waals surface area contributed by atoms with Crippen LogP contribution in [0.4, 0.5) is 0 Å². The largest absolute Gasteiger partial charge is 0.340 e. The lowest BCUT2D eigenvalue weighted by Gasteiger charge is -2.34. The van der Waals surface area contributed by atoms with Crippen LogP contribution in [0.15, 0.2) is 66.9 Å². The van der Waals surface area contributed by atoms with Crippen LogP contribution in [-0.4, -0.2) is 51.3 Å². The van der Waals surface area contributed by atoms with E-state index in [4.69, 9.17) is 28.2 Å². The minimum Gasteiger partial charge on any atom is -0.340 e. The number of piperazine rings is 1. The van der Waals surface area contributed by atoms with Gasteiger partial charge in [-0.3, -0.25) is 9.69 Å². The molecule has 7 heteroatoms. The summed E-state index contributed by atoms with van der Waals surface area (Å²) in [6, 6.07) is 19.9. The number of carbonyl (C=O) groups is 1. The van der Waals surface area contributed by atoms with Crippen LogP contribution < -0.4 is 0 Å². The zero-order chi connectivity index (χ0) is 23.7. The normalized spacial score (nSPS) is 14.6. The number of imidazole rings is 1. The molecule has 5 rings (SSSR count). The molecule has 2 aromatic carbocycles. The van der Waals surface area contributed by atoms with Crippen LogP contribution in [0.25, 0.3) is 28.0 Å². The molecular weight excluding hydrogens is 467 g/mol. The molecule has 174 valence electrons. The maximum atomic E-state index is 12.1. The number of carbonyl (C=O) groups excluding carboxylic acids is 1. The van der Waals surface area contributed by atoms with E-state index in [2.05, 4.69) is 33.7 Å². The Bertz CT molecular complexity index is 1320. The summed E-state index contributed by atoms with van der Waals surface area (Å²) in [5.74, 6) is 0.225. The van der Waals surface area contributed by atoms with E-state index in [1.165, 1.54) is 0 Å². The van der Waals surface area contributed by atoms with Gasteiger partial charge in [-0.1, -0.05) is 54.4 Å². The first-order valence-corrected chi connectivity index (χ1v) is 12.3. The number of rotatable bonds is 5. The van der Waals surface area contributed by atoms with Crippen molar-refractivity contribution >= 4 is 34.8 Å². The monoisotopic (exact) mass is 492 g/mol. The molecule has 5 nitrogen and oxygen atoms in total. The van der Waals surface area contributed by atoms with E-state index in [-0.39, 0.29) is 5.91 Å². The molecule has 4 aromatic rings. The van der Waals surface area contributed by atoms with Crippen molar-refractivity contribution in [3.63, 3.8) is 0 Å². The van der Waals surface area contributed by atoms with E-state index in [0.717, 1.165) is 66.4 Å². The lowest BCUT2D eigenvalue weighted by Crippen LogP contribution is -2.48. The van der Waals surface area contributed by atoms with Gasteiger partial charge in [0, 0.05) is 61.0 Å². The summed E-state index contributed by atoms with van der Waals surface area (Å²) in [4.78, 5) is 21.4. The van der Waals surface area contributed by atoms with E-state index in [1.807, 2.05) is 54.3 Å². The molecular formula is C27H26Cl2N4O. The number of pyridine rings is 1. The van der Waals surface area contributed by atoms with Crippen molar-refractivity contribution in [1.82, 2.24) is 19.2 Å². The van der Waals surface area contributed by atoms with Gasteiger partial charge >= 0.3 is 0 Å². The Kier molecular flexibility index (Phi) is 6.59. The van der Waals surface area contributed by atoms with Crippen molar-refractivity contribution in [3.05, 3.63) is 82.6 Å². The molecule has 1 aliphatic rings. The molecule has 0 bridgehead atoms. The van der Waals surface area contributed by atoms with Crippen molar-refractivity contribution in [2.24, 2.45) is 0 Å². The highest BCUT2D eigenvalue weighted by molar-refractivity contribution is 6.31. The Morgan fingerprint density at radius 3 is 2.32 bits per heavy atom. The number of benzene rings is 2. The molecule has 0 saturated carbocycles. The first kappa shape index (κ1) is 22.9. The number of amides is 1. The maximum Gasteiger partial charge on any atom is 0.222 e. The zero-order valence-corrected chi connectivity index (χ0v) is 20.6. The SMILES string of the molecule is CCC(=O)N1CCN(Cc2c(-c3ccc(Cl)cc3)nc3ccc(-c4cccc(Cl)c4)cn23)CC1. The Hall–Kier alpha value is -2.86. The summed E-state index contributed by atoms with van der Waals surface area (Å²) in [7, 11) is 0. The lowest BCUT2D eigenvalue weighted by atomic mass is 10.1. The summed E-state index contributed by atoms with van der Waals surface area (Å²) in [6.07, 6.45) is 2.69. The molecule has 3 heterocycles. The first-order valence-electron chi connectivity index (χ1n) is 11.5.